The van der Waals surface area contributed by atoms with Gasteiger partial charge in [-0.1, -0.05) is 37.6 Å². The van der Waals surface area contributed by atoms with Crippen LogP contribution in [-0.4, -0.2) is 5.11 Å². The molecule has 13 heavy (non-hydrogen) atoms. The summed E-state index contributed by atoms with van der Waals surface area (Å²) in [5, 5.41) is 9.07. The van der Waals surface area contributed by atoms with Gasteiger partial charge in [-0.05, 0) is 30.6 Å². The molecule has 0 unspecified atom stereocenters. The Morgan fingerprint density at radius 1 is 1.46 bits per heavy atom. The summed E-state index contributed by atoms with van der Waals surface area (Å²) in [4.78, 5) is 0. The number of hydrogen-bond acceptors (Lipinski definition) is 1. The van der Waals surface area contributed by atoms with Gasteiger partial charge < -0.3 is 5.11 Å². The van der Waals surface area contributed by atoms with Crippen LogP contribution in [0.4, 0.5) is 0 Å². The lowest BCUT2D eigenvalue weighted by Gasteiger charge is -2.02. The maximum Gasteiger partial charge on any atom is 0.111 e. The normalized spacial score (nSPS) is 19.8. The minimum absolute atomic E-state index is 0.370. The summed E-state index contributed by atoms with van der Waals surface area (Å²) in [5.41, 5.74) is 1.24. The van der Waals surface area contributed by atoms with Crippen molar-refractivity contribution in [2.24, 2.45) is 0 Å². The summed E-state index contributed by atoms with van der Waals surface area (Å²) >= 11 is 0. The van der Waals surface area contributed by atoms with Crippen molar-refractivity contribution in [2.45, 2.75) is 26.2 Å². The molecule has 1 aliphatic carbocycles. The molecule has 1 heteroatoms. The van der Waals surface area contributed by atoms with Crippen molar-refractivity contribution in [2.75, 3.05) is 0 Å². The van der Waals surface area contributed by atoms with E-state index in [1.165, 1.54) is 12.0 Å². The predicted octanol–water partition coefficient (Wildman–Crippen LogP) is 3.67. The number of aliphatic hydroxyl groups excluding tert-OH is 1. The Hall–Kier alpha value is -1.24. The number of allylic oxidation sites excluding steroid dienone is 7. The second-order valence-electron chi connectivity index (χ2n) is 3.12. The Bertz CT molecular complexity index is 267. The lowest BCUT2D eigenvalue weighted by molar-refractivity contribution is 0.429. The highest BCUT2D eigenvalue weighted by molar-refractivity contribution is 5.34. The summed E-state index contributed by atoms with van der Waals surface area (Å²) in [6, 6.07) is 0. The number of unbranched alkanes of at least 4 members (excludes halogenated alkanes) is 1. The average Bonchev–Trinajstić information content (AvgIpc) is 2.15. The summed E-state index contributed by atoms with van der Waals surface area (Å²) < 4.78 is 0. The third-order valence-electron chi connectivity index (χ3n) is 1.92. The van der Waals surface area contributed by atoms with Crippen LogP contribution >= 0.6 is 0 Å². The van der Waals surface area contributed by atoms with Crippen LogP contribution in [-0.2, 0) is 0 Å². The highest BCUT2D eigenvalue weighted by Gasteiger charge is 1.96. The number of rotatable bonds is 3. The monoisotopic (exact) mass is 176 g/mol. The fraction of sp³-hybridized carbons (Fsp3) is 0.333. The molecule has 1 nitrogen and oxygen atoms in total. The van der Waals surface area contributed by atoms with Crippen molar-refractivity contribution in [1.29, 1.82) is 0 Å². The number of aliphatic hydroxyl groups is 1. The van der Waals surface area contributed by atoms with Crippen LogP contribution in [0.1, 0.15) is 26.2 Å². The highest BCUT2D eigenvalue weighted by atomic mass is 16.3. The molecule has 1 N–H and O–H groups in total. The van der Waals surface area contributed by atoms with Crippen molar-refractivity contribution in [3.05, 3.63) is 47.8 Å². The van der Waals surface area contributed by atoms with Gasteiger partial charge in [0.15, 0.2) is 0 Å². The van der Waals surface area contributed by atoms with Crippen molar-refractivity contribution >= 4 is 0 Å². The zero-order chi connectivity index (χ0) is 9.52. The lowest BCUT2D eigenvalue weighted by Crippen LogP contribution is -1.85. The van der Waals surface area contributed by atoms with E-state index < -0.39 is 0 Å². The Morgan fingerprint density at radius 3 is 2.92 bits per heavy atom. The second-order valence-corrected chi connectivity index (χ2v) is 3.12. The molecule has 0 aromatic carbocycles. The van der Waals surface area contributed by atoms with Crippen LogP contribution in [0, 0.1) is 0 Å². The molecule has 0 aliphatic heterocycles. The van der Waals surface area contributed by atoms with Gasteiger partial charge in [0.25, 0.3) is 0 Å². The van der Waals surface area contributed by atoms with E-state index in [1.807, 2.05) is 12.2 Å². The van der Waals surface area contributed by atoms with Gasteiger partial charge in [-0.3, -0.25) is 0 Å². The molecule has 1 aliphatic rings. The van der Waals surface area contributed by atoms with Crippen molar-refractivity contribution in [3.63, 3.8) is 0 Å². The van der Waals surface area contributed by atoms with Gasteiger partial charge in [-0.25, -0.2) is 0 Å². The molecule has 0 fully saturated rings. The SMILES string of the molecule is CCC/C=C\C=C1\C=CC(O)=CC1. The first-order valence-corrected chi connectivity index (χ1v) is 4.76. The van der Waals surface area contributed by atoms with Gasteiger partial charge in [-0.2, -0.15) is 0 Å². The van der Waals surface area contributed by atoms with E-state index >= 15 is 0 Å². The number of hydrogen-bond donors (Lipinski definition) is 1. The smallest absolute Gasteiger partial charge is 0.111 e. The van der Waals surface area contributed by atoms with E-state index in [-0.39, 0.29) is 0 Å². The Balaban J connectivity index is 2.42. The van der Waals surface area contributed by atoms with Crippen molar-refractivity contribution in [1.82, 2.24) is 0 Å². The maximum atomic E-state index is 9.07. The molecule has 0 atom stereocenters. The van der Waals surface area contributed by atoms with Gasteiger partial charge in [-0.15, -0.1) is 0 Å². The Morgan fingerprint density at radius 2 is 2.31 bits per heavy atom. The molecule has 0 spiro atoms. The first-order chi connectivity index (χ1) is 6.33. The molecule has 0 radical (unpaired) electrons. The van der Waals surface area contributed by atoms with Crippen molar-refractivity contribution in [3.8, 4) is 0 Å². The highest BCUT2D eigenvalue weighted by Crippen LogP contribution is 2.13. The van der Waals surface area contributed by atoms with Gasteiger partial charge >= 0.3 is 0 Å². The average molecular weight is 176 g/mol. The van der Waals surface area contributed by atoms with Gasteiger partial charge in [0.2, 0.25) is 0 Å². The van der Waals surface area contributed by atoms with E-state index in [1.54, 1.807) is 6.08 Å². The van der Waals surface area contributed by atoms with Gasteiger partial charge in [0.05, 0.1) is 0 Å². The lowest BCUT2D eigenvalue weighted by atomic mass is 10.1. The summed E-state index contributed by atoms with van der Waals surface area (Å²) in [6.45, 7) is 2.17. The third-order valence-corrected chi connectivity index (χ3v) is 1.92. The molecular weight excluding hydrogens is 160 g/mol. The van der Waals surface area contributed by atoms with Crippen LogP contribution in [0.15, 0.2) is 47.8 Å². The van der Waals surface area contributed by atoms with Crippen LogP contribution in [0.25, 0.3) is 0 Å². The third kappa shape index (κ3) is 3.79. The van der Waals surface area contributed by atoms with E-state index in [0.29, 0.717) is 5.76 Å². The largest absolute Gasteiger partial charge is 0.508 e. The minimum Gasteiger partial charge on any atom is -0.508 e. The molecule has 0 saturated carbocycles. The standard InChI is InChI=1S/C12H16O/c1-2-3-4-5-6-11-7-9-12(13)10-8-11/h4-7,9-10,13H,2-3,8H2,1H3/b5-4-,11-6-. The molecule has 0 heterocycles. The minimum atomic E-state index is 0.370. The van der Waals surface area contributed by atoms with E-state index in [4.69, 9.17) is 5.11 Å². The molecule has 0 aromatic heterocycles. The fourth-order valence-corrected chi connectivity index (χ4v) is 1.13. The van der Waals surface area contributed by atoms with Gasteiger partial charge in [0.1, 0.15) is 5.76 Å². The predicted molar refractivity (Wildman–Crippen MR) is 56.6 cm³/mol. The van der Waals surface area contributed by atoms with Gasteiger partial charge in [0, 0.05) is 0 Å². The van der Waals surface area contributed by atoms with E-state index in [0.717, 1.165) is 12.8 Å². The zero-order valence-corrected chi connectivity index (χ0v) is 8.03. The first-order valence-electron chi connectivity index (χ1n) is 4.76. The topological polar surface area (TPSA) is 20.2 Å². The van der Waals surface area contributed by atoms with Crippen LogP contribution in [0.5, 0.6) is 0 Å². The van der Waals surface area contributed by atoms with Crippen LogP contribution < -0.4 is 0 Å². The summed E-state index contributed by atoms with van der Waals surface area (Å²) in [7, 11) is 0. The fourth-order valence-electron chi connectivity index (χ4n) is 1.13. The molecular formula is C12H16O. The summed E-state index contributed by atoms with van der Waals surface area (Å²) in [5.74, 6) is 0.370. The maximum absolute atomic E-state index is 9.07. The molecule has 0 saturated heterocycles. The molecule has 0 amide bonds. The van der Waals surface area contributed by atoms with Crippen LogP contribution in [0.2, 0.25) is 0 Å². The summed E-state index contributed by atoms with van der Waals surface area (Å²) in [6.07, 6.45) is 15.0. The van der Waals surface area contributed by atoms with E-state index in [2.05, 4.69) is 25.2 Å². The molecule has 70 valence electrons. The molecule has 0 aromatic rings. The quantitative estimate of drug-likeness (QED) is 0.695. The van der Waals surface area contributed by atoms with Crippen LogP contribution in [0.3, 0.4) is 0 Å². The Kier molecular flexibility index (Phi) is 4.10. The first kappa shape index (κ1) is 9.85. The van der Waals surface area contributed by atoms with E-state index in [9.17, 15) is 0 Å². The molecule has 1 rings (SSSR count). The van der Waals surface area contributed by atoms with Crippen molar-refractivity contribution < 1.29 is 5.11 Å². The second kappa shape index (κ2) is 5.41. The Labute approximate surface area is 79.8 Å². The molecule has 0 bridgehead atoms. The zero-order valence-electron chi connectivity index (χ0n) is 8.03.